The Morgan fingerprint density at radius 1 is 1.41 bits per heavy atom. The molecule has 0 radical (unpaired) electrons. The molecule has 1 atom stereocenters. The van der Waals surface area contributed by atoms with Crippen molar-refractivity contribution < 1.29 is 18.6 Å². The first kappa shape index (κ1) is 12.5. The third kappa shape index (κ3) is 2.82. The summed E-state index contributed by atoms with van der Waals surface area (Å²) >= 11 is 0. The fraction of sp³-hybridized carbons (Fsp3) is 0.538. The van der Waals surface area contributed by atoms with Gasteiger partial charge in [0, 0.05) is 13.5 Å². The summed E-state index contributed by atoms with van der Waals surface area (Å²) in [4.78, 5) is 0. The number of hydrogen-bond acceptors (Lipinski definition) is 2. The first-order chi connectivity index (χ1) is 8.05. The van der Waals surface area contributed by atoms with E-state index in [1.165, 1.54) is 7.11 Å². The lowest BCUT2D eigenvalue weighted by atomic mass is 9.90. The first-order valence-electron chi connectivity index (χ1n) is 5.70. The van der Waals surface area contributed by atoms with E-state index >= 15 is 0 Å². The lowest BCUT2D eigenvalue weighted by Gasteiger charge is -2.27. The lowest BCUT2D eigenvalue weighted by molar-refractivity contribution is -0.0479. The van der Waals surface area contributed by atoms with Gasteiger partial charge >= 0.3 is 0 Å². The van der Waals surface area contributed by atoms with Gasteiger partial charge in [0.05, 0.1) is 12.2 Å². The summed E-state index contributed by atoms with van der Waals surface area (Å²) in [5.41, 5.74) is -0.875. The Hall–Kier alpha value is -1.00. The predicted molar refractivity (Wildman–Crippen MR) is 59.6 cm³/mol. The third-order valence-electron chi connectivity index (χ3n) is 3.24. The van der Waals surface area contributed by atoms with E-state index in [1.807, 2.05) is 0 Å². The van der Waals surface area contributed by atoms with E-state index in [9.17, 15) is 13.9 Å². The van der Waals surface area contributed by atoms with E-state index in [0.717, 1.165) is 31.0 Å². The van der Waals surface area contributed by atoms with Crippen molar-refractivity contribution in [2.75, 3.05) is 13.7 Å². The molecule has 0 spiro atoms. The van der Waals surface area contributed by atoms with Crippen LogP contribution in [0.3, 0.4) is 0 Å². The van der Waals surface area contributed by atoms with Gasteiger partial charge in [-0.15, -0.1) is 0 Å². The zero-order valence-corrected chi connectivity index (χ0v) is 9.75. The number of halogens is 2. The van der Waals surface area contributed by atoms with Crippen LogP contribution in [0.1, 0.15) is 18.4 Å². The molecule has 1 fully saturated rings. The number of ether oxygens (including phenoxy) is 1. The second kappa shape index (κ2) is 4.70. The zero-order chi connectivity index (χ0) is 12.5. The highest BCUT2D eigenvalue weighted by Gasteiger charge is 2.44. The zero-order valence-electron chi connectivity index (χ0n) is 9.75. The molecular formula is C13H16F2O2. The summed E-state index contributed by atoms with van der Waals surface area (Å²) in [6.07, 6.45) is 1.92. The van der Waals surface area contributed by atoms with Crippen molar-refractivity contribution in [1.82, 2.24) is 0 Å². The van der Waals surface area contributed by atoms with Crippen LogP contribution in [0.4, 0.5) is 8.78 Å². The van der Waals surface area contributed by atoms with Crippen molar-refractivity contribution >= 4 is 0 Å². The summed E-state index contributed by atoms with van der Waals surface area (Å²) in [6, 6.07) is 3.30. The van der Waals surface area contributed by atoms with Crippen LogP contribution in [0, 0.1) is 17.6 Å². The van der Waals surface area contributed by atoms with E-state index < -0.39 is 17.2 Å². The minimum Gasteiger partial charge on any atom is -0.387 e. The van der Waals surface area contributed by atoms with Crippen LogP contribution >= 0.6 is 0 Å². The third-order valence-corrected chi connectivity index (χ3v) is 3.24. The maximum absolute atomic E-state index is 13.5. The van der Waals surface area contributed by atoms with Crippen molar-refractivity contribution in [3.8, 4) is 0 Å². The second-order valence-electron chi connectivity index (χ2n) is 4.72. The van der Waals surface area contributed by atoms with Gasteiger partial charge < -0.3 is 9.84 Å². The van der Waals surface area contributed by atoms with Gasteiger partial charge in [-0.1, -0.05) is 0 Å². The van der Waals surface area contributed by atoms with Gasteiger partial charge in [-0.3, -0.25) is 0 Å². The van der Waals surface area contributed by atoms with Gasteiger partial charge in [-0.25, -0.2) is 8.78 Å². The van der Waals surface area contributed by atoms with Gasteiger partial charge in [0.2, 0.25) is 0 Å². The Kier molecular flexibility index (Phi) is 3.45. The summed E-state index contributed by atoms with van der Waals surface area (Å²) in [5.74, 6) is -0.844. The van der Waals surface area contributed by atoms with Crippen molar-refractivity contribution in [1.29, 1.82) is 0 Å². The minimum absolute atomic E-state index is 0.0924. The number of hydrogen-bond donors (Lipinski definition) is 1. The topological polar surface area (TPSA) is 29.5 Å². The van der Waals surface area contributed by atoms with Gasteiger partial charge in [0.1, 0.15) is 11.6 Å². The Morgan fingerprint density at radius 2 is 2.12 bits per heavy atom. The molecule has 17 heavy (non-hydrogen) atoms. The fourth-order valence-corrected chi connectivity index (χ4v) is 2.19. The van der Waals surface area contributed by atoms with Crippen LogP contribution in [0.5, 0.6) is 0 Å². The molecule has 0 bridgehead atoms. The molecule has 1 aliphatic carbocycles. The average molecular weight is 242 g/mol. The monoisotopic (exact) mass is 242 g/mol. The Balaban J connectivity index is 2.19. The molecule has 0 heterocycles. The van der Waals surface area contributed by atoms with Crippen LogP contribution in [0.15, 0.2) is 18.2 Å². The van der Waals surface area contributed by atoms with Crippen LogP contribution in [-0.4, -0.2) is 24.4 Å². The Labute approximate surface area is 99.2 Å². The second-order valence-corrected chi connectivity index (χ2v) is 4.72. The maximum Gasteiger partial charge on any atom is 0.126 e. The molecule has 0 amide bonds. The lowest BCUT2D eigenvalue weighted by Crippen LogP contribution is -2.39. The normalized spacial score (nSPS) is 19.1. The molecule has 1 saturated carbocycles. The smallest absolute Gasteiger partial charge is 0.126 e. The summed E-state index contributed by atoms with van der Waals surface area (Å²) in [6.45, 7) is 0.146. The van der Waals surface area contributed by atoms with Gasteiger partial charge in [0.15, 0.2) is 0 Å². The summed E-state index contributed by atoms with van der Waals surface area (Å²) in [5, 5.41) is 10.4. The van der Waals surface area contributed by atoms with E-state index in [0.29, 0.717) is 0 Å². The van der Waals surface area contributed by atoms with Gasteiger partial charge in [0.25, 0.3) is 0 Å². The van der Waals surface area contributed by atoms with E-state index in [-0.39, 0.29) is 24.5 Å². The van der Waals surface area contributed by atoms with Crippen molar-refractivity contribution in [3.05, 3.63) is 35.4 Å². The number of benzene rings is 1. The largest absolute Gasteiger partial charge is 0.387 e. The predicted octanol–water partition coefficient (Wildman–Crippen LogP) is 2.29. The maximum atomic E-state index is 13.5. The van der Waals surface area contributed by atoms with E-state index in [4.69, 9.17) is 4.74 Å². The van der Waals surface area contributed by atoms with Crippen LogP contribution < -0.4 is 0 Å². The van der Waals surface area contributed by atoms with Crippen molar-refractivity contribution in [2.45, 2.75) is 24.9 Å². The van der Waals surface area contributed by atoms with Crippen LogP contribution in [-0.2, 0) is 11.2 Å². The molecule has 2 nitrogen and oxygen atoms in total. The molecule has 1 aromatic rings. The highest BCUT2D eigenvalue weighted by atomic mass is 19.1. The highest BCUT2D eigenvalue weighted by Crippen LogP contribution is 2.41. The van der Waals surface area contributed by atoms with Crippen LogP contribution in [0.2, 0.25) is 0 Å². The van der Waals surface area contributed by atoms with Gasteiger partial charge in [-0.05, 0) is 42.5 Å². The molecule has 1 aliphatic rings. The van der Waals surface area contributed by atoms with E-state index in [2.05, 4.69) is 0 Å². The Morgan fingerprint density at radius 3 is 2.71 bits per heavy atom. The number of rotatable bonds is 5. The first-order valence-corrected chi connectivity index (χ1v) is 5.70. The van der Waals surface area contributed by atoms with Crippen LogP contribution in [0.25, 0.3) is 0 Å². The molecule has 0 aromatic heterocycles. The molecule has 1 unspecified atom stereocenters. The molecule has 1 aromatic carbocycles. The van der Waals surface area contributed by atoms with E-state index in [1.54, 1.807) is 0 Å². The molecule has 0 saturated heterocycles. The highest BCUT2D eigenvalue weighted by molar-refractivity contribution is 5.21. The summed E-state index contributed by atoms with van der Waals surface area (Å²) in [7, 11) is 1.50. The van der Waals surface area contributed by atoms with Gasteiger partial charge in [-0.2, -0.15) is 0 Å². The molecular weight excluding hydrogens is 226 g/mol. The molecule has 0 aliphatic heterocycles. The van der Waals surface area contributed by atoms with Crippen molar-refractivity contribution in [3.63, 3.8) is 0 Å². The Bertz CT molecular complexity index is 404. The van der Waals surface area contributed by atoms with Crippen molar-refractivity contribution in [2.24, 2.45) is 5.92 Å². The summed E-state index contributed by atoms with van der Waals surface area (Å²) < 4.78 is 31.5. The molecule has 1 N–H and O–H groups in total. The SMILES string of the molecule is COCC(O)(Cc1cc(F)ccc1F)C1CC1. The average Bonchev–Trinajstić information content (AvgIpc) is 3.07. The fourth-order valence-electron chi connectivity index (χ4n) is 2.19. The number of aliphatic hydroxyl groups is 1. The quantitative estimate of drug-likeness (QED) is 0.858. The molecule has 2 rings (SSSR count). The molecule has 94 valence electrons. The minimum atomic E-state index is -1.08. The molecule has 4 heteroatoms. The number of methoxy groups -OCH3 is 1. The standard InChI is InChI=1S/C13H16F2O2/c1-17-8-13(16,10-2-3-10)7-9-6-11(14)4-5-12(9)15/h4-6,10,16H,2-3,7-8H2,1H3.